The molecular formula is C33H34ClNO6S. The number of ether oxygens (including phenoxy) is 2. The number of halogens is 1. The third-order valence-electron chi connectivity index (χ3n) is 6.65. The van der Waals surface area contributed by atoms with Gasteiger partial charge in [0, 0.05) is 24.7 Å². The summed E-state index contributed by atoms with van der Waals surface area (Å²) in [6, 6.07) is 30.1. The van der Waals surface area contributed by atoms with Gasteiger partial charge < -0.3 is 14.6 Å². The van der Waals surface area contributed by atoms with E-state index in [-0.39, 0.29) is 28.8 Å². The molecule has 0 heterocycles. The molecule has 0 saturated carbocycles. The van der Waals surface area contributed by atoms with Crippen molar-refractivity contribution in [2.45, 2.75) is 35.8 Å². The standard InChI is InChI=1S/C33H34ClNO6S/c1-2-40-33(37)24-41-29-15-9-16-30(21-29)42(38,39)32-17-7-6-12-26(32)18-19-35(22-25-10-4-3-5-11-25)23-31(36)27-13-8-14-28(34)20-27/h3-17,20-21,31,36H,2,18-19,22-24H2,1H3. The predicted octanol–water partition coefficient (Wildman–Crippen LogP) is 5.89. The van der Waals surface area contributed by atoms with Crippen LogP contribution >= 0.6 is 11.6 Å². The maximum atomic E-state index is 13.8. The minimum absolute atomic E-state index is 0.0637. The lowest BCUT2D eigenvalue weighted by atomic mass is 10.1. The van der Waals surface area contributed by atoms with Crippen molar-refractivity contribution >= 4 is 27.4 Å². The zero-order chi connectivity index (χ0) is 30.0. The van der Waals surface area contributed by atoms with E-state index in [9.17, 15) is 18.3 Å². The molecule has 0 aliphatic heterocycles. The Kier molecular flexibility index (Phi) is 11.1. The number of hydrogen-bond donors (Lipinski definition) is 1. The Morgan fingerprint density at radius 2 is 1.67 bits per heavy atom. The van der Waals surface area contributed by atoms with Crippen molar-refractivity contribution < 1.29 is 27.8 Å². The number of esters is 1. The minimum atomic E-state index is -3.90. The van der Waals surface area contributed by atoms with Gasteiger partial charge in [0.25, 0.3) is 0 Å². The van der Waals surface area contributed by atoms with Gasteiger partial charge in [-0.25, -0.2) is 13.2 Å². The molecule has 4 rings (SSSR count). The number of sulfone groups is 1. The van der Waals surface area contributed by atoms with Gasteiger partial charge in [-0.15, -0.1) is 0 Å². The lowest BCUT2D eigenvalue weighted by molar-refractivity contribution is -0.145. The van der Waals surface area contributed by atoms with Gasteiger partial charge in [-0.3, -0.25) is 4.90 Å². The van der Waals surface area contributed by atoms with Crippen LogP contribution in [0.4, 0.5) is 0 Å². The molecule has 0 aliphatic carbocycles. The van der Waals surface area contributed by atoms with Crippen LogP contribution in [0.2, 0.25) is 5.02 Å². The summed E-state index contributed by atoms with van der Waals surface area (Å²) in [5.74, 6) is -0.276. The molecular weight excluding hydrogens is 574 g/mol. The summed E-state index contributed by atoms with van der Waals surface area (Å²) in [6.45, 7) is 3.03. The molecule has 0 fully saturated rings. The first kappa shape index (κ1) is 31.3. The van der Waals surface area contributed by atoms with Crippen LogP contribution in [-0.2, 0) is 32.3 Å². The second-order valence-corrected chi connectivity index (χ2v) is 12.1. The van der Waals surface area contributed by atoms with Crippen LogP contribution in [0.5, 0.6) is 5.75 Å². The number of benzene rings is 4. The van der Waals surface area contributed by atoms with Gasteiger partial charge in [-0.05, 0) is 66.4 Å². The quantitative estimate of drug-likeness (QED) is 0.179. The first-order chi connectivity index (χ1) is 20.3. The number of aliphatic hydroxyl groups excluding tert-OH is 1. The third-order valence-corrected chi connectivity index (χ3v) is 8.74. The van der Waals surface area contributed by atoms with E-state index >= 15 is 0 Å². The van der Waals surface area contributed by atoms with Crippen molar-refractivity contribution in [3.8, 4) is 5.75 Å². The van der Waals surface area contributed by atoms with E-state index in [2.05, 4.69) is 4.90 Å². The fraction of sp³-hybridized carbons (Fsp3) is 0.242. The van der Waals surface area contributed by atoms with Crippen LogP contribution in [0.15, 0.2) is 113 Å². The van der Waals surface area contributed by atoms with Crippen molar-refractivity contribution in [3.05, 3.63) is 125 Å². The van der Waals surface area contributed by atoms with Crippen LogP contribution in [-0.4, -0.2) is 50.7 Å². The van der Waals surface area contributed by atoms with Crippen molar-refractivity contribution in [1.82, 2.24) is 4.90 Å². The van der Waals surface area contributed by atoms with Crippen LogP contribution in [0.25, 0.3) is 0 Å². The Morgan fingerprint density at radius 3 is 2.43 bits per heavy atom. The highest BCUT2D eigenvalue weighted by molar-refractivity contribution is 7.91. The van der Waals surface area contributed by atoms with Crippen LogP contribution in [0, 0.1) is 0 Å². The molecule has 1 atom stereocenters. The van der Waals surface area contributed by atoms with Gasteiger partial charge in [-0.2, -0.15) is 0 Å². The van der Waals surface area contributed by atoms with E-state index in [1.807, 2.05) is 48.5 Å². The molecule has 0 radical (unpaired) electrons. The third kappa shape index (κ3) is 8.66. The Hall–Kier alpha value is -3.69. The lowest BCUT2D eigenvalue weighted by Crippen LogP contribution is -2.30. The topological polar surface area (TPSA) is 93.1 Å². The van der Waals surface area contributed by atoms with Crippen molar-refractivity contribution in [1.29, 1.82) is 0 Å². The minimum Gasteiger partial charge on any atom is -0.482 e. The first-order valence-corrected chi connectivity index (χ1v) is 15.5. The SMILES string of the molecule is CCOC(=O)COc1cccc(S(=O)(=O)c2ccccc2CCN(Cc2ccccc2)CC(O)c2cccc(Cl)c2)c1. The van der Waals surface area contributed by atoms with Gasteiger partial charge in [0.2, 0.25) is 9.84 Å². The summed E-state index contributed by atoms with van der Waals surface area (Å²) < 4.78 is 37.9. The summed E-state index contributed by atoms with van der Waals surface area (Å²) in [6.07, 6.45) is -0.340. The highest BCUT2D eigenvalue weighted by Gasteiger charge is 2.23. The van der Waals surface area contributed by atoms with Crippen LogP contribution in [0.1, 0.15) is 29.7 Å². The van der Waals surface area contributed by atoms with E-state index in [0.717, 1.165) is 5.56 Å². The molecule has 0 spiro atoms. The fourth-order valence-electron chi connectivity index (χ4n) is 4.59. The summed E-state index contributed by atoms with van der Waals surface area (Å²) in [7, 11) is -3.90. The summed E-state index contributed by atoms with van der Waals surface area (Å²) >= 11 is 6.15. The molecule has 0 bridgehead atoms. The zero-order valence-electron chi connectivity index (χ0n) is 23.4. The molecule has 9 heteroatoms. The molecule has 0 aliphatic rings. The average Bonchev–Trinajstić information content (AvgIpc) is 3.00. The number of carbonyl (C=O) groups excluding carboxylic acids is 1. The van der Waals surface area contributed by atoms with Crippen LogP contribution < -0.4 is 4.74 Å². The van der Waals surface area contributed by atoms with Crippen molar-refractivity contribution in [3.63, 3.8) is 0 Å². The predicted molar refractivity (Wildman–Crippen MR) is 162 cm³/mol. The van der Waals surface area contributed by atoms with E-state index in [1.54, 1.807) is 49.4 Å². The van der Waals surface area contributed by atoms with Gasteiger partial charge in [0.15, 0.2) is 6.61 Å². The number of carbonyl (C=O) groups is 1. The smallest absolute Gasteiger partial charge is 0.344 e. The number of rotatable bonds is 14. The van der Waals surface area contributed by atoms with E-state index in [0.29, 0.717) is 42.2 Å². The maximum Gasteiger partial charge on any atom is 0.344 e. The Labute approximate surface area is 252 Å². The van der Waals surface area contributed by atoms with Gasteiger partial charge >= 0.3 is 5.97 Å². The van der Waals surface area contributed by atoms with Gasteiger partial charge in [0.1, 0.15) is 5.75 Å². The molecule has 0 aromatic heterocycles. The fourth-order valence-corrected chi connectivity index (χ4v) is 6.35. The van der Waals surface area contributed by atoms with Gasteiger partial charge in [0.05, 0.1) is 22.5 Å². The number of nitrogens with zero attached hydrogens (tertiary/aromatic N) is 1. The highest BCUT2D eigenvalue weighted by Crippen LogP contribution is 2.28. The molecule has 220 valence electrons. The zero-order valence-corrected chi connectivity index (χ0v) is 24.9. The maximum absolute atomic E-state index is 13.8. The Bertz CT molecular complexity index is 1580. The van der Waals surface area contributed by atoms with E-state index < -0.39 is 21.9 Å². The monoisotopic (exact) mass is 607 g/mol. The average molecular weight is 608 g/mol. The first-order valence-electron chi connectivity index (χ1n) is 13.7. The summed E-state index contributed by atoms with van der Waals surface area (Å²) in [5, 5.41) is 11.6. The summed E-state index contributed by atoms with van der Waals surface area (Å²) in [5.41, 5.74) is 2.45. The molecule has 1 unspecified atom stereocenters. The summed E-state index contributed by atoms with van der Waals surface area (Å²) in [4.78, 5) is 14.0. The van der Waals surface area contributed by atoms with E-state index in [4.69, 9.17) is 21.1 Å². The lowest BCUT2D eigenvalue weighted by Gasteiger charge is -2.26. The molecule has 0 amide bonds. The molecule has 4 aromatic carbocycles. The highest BCUT2D eigenvalue weighted by atomic mass is 35.5. The van der Waals surface area contributed by atoms with Gasteiger partial charge in [-0.1, -0.05) is 78.3 Å². The normalized spacial score (nSPS) is 12.2. The molecule has 7 nitrogen and oxygen atoms in total. The molecule has 4 aromatic rings. The number of aliphatic hydroxyl groups is 1. The van der Waals surface area contributed by atoms with Crippen LogP contribution in [0.3, 0.4) is 0 Å². The largest absolute Gasteiger partial charge is 0.482 e. The molecule has 0 saturated heterocycles. The number of hydrogen-bond acceptors (Lipinski definition) is 7. The second kappa shape index (κ2) is 15.0. The van der Waals surface area contributed by atoms with Crippen molar-refractivity contribution in [2.75, 3.05) is 26.3 Å². The Morgan fingerprint density at radius 1 is 0.929 bits per heavy atom. The van der Waals surface area contributed by atoms with E-state index in [1.165, 1.54) is 12.1 Å². The Balaban J connectivity index is 1.54. The molecule has 1 N–H and O–H groups in total. The second-order valence-electron chi connectivity index (χ2n) is 9.72. The van der Waals surface area contributed by atoms with Crippen molar-refractivity contribution in [2.24, 2.45) is 0 Å². The molecule has 42 heavy (non-hydrogen) atoms.